The molecular weight excluding hydrogens is 320 g/mol. The van der Waals surface area contributed by atoms with Gasteiger partial charge in [0.05, 0.1) is 0 Å². The fraction of sp³-hybridized carbons (Fsp3) is 0.591. The third kappa shape index (κ3) is 3.66. The highest BCUT2D eigenvalue weighted by atomic mass is 15.2. The van der Waals surface area contributed by atoms with Gasteiger partial charge in [-0.05, 0) is 69.3 Å². The summed E-state index contributed by atoms with van der Waals surface area (Å²) in [4.78, 5) is 9.65. The fourth-order valence-electron chi connectivity index (χ4n) is 4.80. The Labute approximate surface area is 157 Å². The normalized spacial score (nSPS) is 22.2. The third-order valence-electron chi connectivity index (χ3n) is 6.31. The molecule has 2 aliphatic heterocycles. The summed E-state index contributed by atoms with van der Waals surface area (Å²) in [6, 6.07) is 9.77. The molecule has 0 bridgehead atoms. The topological polar surface area (TPSA) is 24.3 Å². The number of aromatic nitrogens is 2. The van der Waals surface area contributed by atoms with Crippen LogP contribution in [0.1, 0.15) is 44.9 Å². The predicted molar refractivity (Wildman–Crippen MR) is 108 cm³/mol. The second-order valence-electron chi connectivity index (χ2n) is 8.02. The molecule has 4 rings (SSSR count). The standard InChI is InChI=1S/C22H32N4/c1-3-4-19-9-13-25(17-19)21-10-14-24(15-11-21)20-5-7-22(8-6-20)26-16-12-23-18(26)2/h5-8,12,16,19,21H,3-4,9-11,13-15,17H2,1-2H3. The van der Waals surface area contributed by atoms with E-state index >= 15 is 0 Å². The third-order valence-corrected chi connectivity index (χ3v) is 6.31. The lowest BCUT2D eigenvalue weighted by molar-refractivity contribution is 0.199. The van der Waals surface area contributed by atoms with E-state index in [1.54, 1.807) is 0 Å². The van der Waals surface area contributed by atoms with Crippen molar-refractivity contribution in [3.8, 4) is 5.69 Å². The van der Waals surface area contributed by atoms with Gasteiger partial charge in [0, 0.05) is 49.4 Å². The van der Waals surface area contributed by atoms with E-state index in [0.29, 0.717) is 0 Å². The molecule has 1 aromatic heterocycles. The maximum absolute atomic E-state index is 4.32. The summed E-state index contributed by atoms with van der Waals surface area (Å²) in [6.07, 6.45) is 10.7. The molecule has 0 aliphatic carbocycles. The maximum Gasteiger partial charge on any atom is 0.110 e. The summed E-state index contributed by atoms with van der Waals surface area (Å²) in [5, 5.41) is 0. The molecule has 0 N–H and O–H groups in total. The van der Waals surface area contributed by atoms with Gasteiger partial charge < -0.3 is 9.47 Å². The molecule has 2 fully saturated rings. The lowest BCUT2D eigenvalue weighted by atomic mass is 10.0. The summed E-state index contributed by atoms with van der Waals surface area (Å²) in [5.74, 6) is 1.99. The van der Waals surface area contributed by atoms with Gasteiger partial charge in [0.15, 0.2) is 0 Å². The Hall–Kier alpha value is -1.81. The van der Waals surface area contributed by atoms with E-state index in [1.807, 2.05) is 19.3 Å². The molecule has 0 radical (unpaired) electrons. The van der Waals surface area contributed by atoms with Crippen LogP contribution in [0.4, 0.5) is 5.69 Å². The van der Waals surface area contributed by atoms with Crippen LogP contribution >= 0.6 is 0 Å². The lowest BCUT2D eigenvalue weighted by Gasteiger charge is -2.38. The first-order valence-corrected chi connectivity index (χ1v) is 10.3. The van der Waals surface area contributed by atoms with Crippen LogP contribution in [0.3, 0.4) is 0 Å². The van der Waals surface area contributed by atoms with Gasteiger partial charge in [0.1, 0.15) is 5.82 Å². The van der Waals surface area contributed by atoms with Crippen molar-refractivity contribution in [3.05, 3.63) is 42.5 Å². The quantitative estimate of drug-likeness (QED) is 0.803. The minimum Gasteiger partial charge on any atom is -0.371 e. The zero-order valence-corrected chi connectivity index (χ0v) is 16.3. The van der Waals surface area contributed by atoms with Crippen molar-refractivity contribution in [2.45, 2.75) is 52.0 Å². The number of benzene rings is 1. The highest BCUT2D eigenvalue weighted by molar-refractivity contribution is 5.51. The minimum atomic E-state index is 0.806. The largest absolute Gasteiger partial charge is 0.371 e. The molecule has 4 nitrogen and oxygen atoms in total. The molecule has 0 amide bonds. The van der Waals surface area contributed by atoms with E-state index in [0.717, 1.165) is 17.8 Å². The minimum absolute atomic E-state index is 0.806. The number of anilines is 1. The molecule has 4 heteroatoms. The number of nitrogens with zero attached hydrogens (tertiary/aromatic N) is 4. The summed E-state index contributed by atoms with van der Waals surface area (Å²) < 4.78 is 2.14. The molecule has 0 spiro atoms. The molecule has 2 aromatic rings. The van der Waals surface area contributed by atoms with Crippen molar-refractivity contribution >= 4 is 5.69 Å². The molecular formula is C22H32N4. The molecule has 2 aliphatic rings. The monoisotopic (exact) mass is 352 g/mol. The zero-order chi connectivity index (χ0) is 17.9. The Morgan fingerprint density at radius 1 is 1.00 bits per heavy atom. The van der Waals surface area contributed by atoms with E-state index in [-0.39, 0.29) is 0 Å². The van der Waals surface area contributed by atoms with Crippen LogP contribution in [0.15, 0.2) is 36.7 Å². The van der Waals surface area contributed by atoms with Crippen LogP contribution in [0.25, 0.3) is 5.69 Å². The Kier molecular flexibility index (Phi) is 5.30. The van der Waals surface area contributed by atoms with Crippen LogP contribution in [-0.4, -0.2) is 46.7 Å². The lowest BCUT2D eigenvalue weighted by Crippen LogP contribution is -2.44. The van der Waals surface area contributed by atoms with Gasteiger partial charge in [-0.1, -0.05) is 13.3 Å². The van der Waals surface area contributed by atoms with Gasteiger partial charge >= 0.3 is 0 Å². The smallest absolute Gasteiger partial charge is 0.110 e. The summed E-state index contributed by atoms with van der Waals surface area (Å²) in [6.45, 7) is 9.40. The number of hydrogen-bond donors (Lipinski definition) is 0. The highest BCUT2D eigenvalue weighted by Crippen LogP contribution is 2.29. The molecule has 3 heterocycles. The van der Waals surface area contributed by atoms with Gasteiger partial charge in [-0.2, -0.15) is 0 Å². The number of hydrogen-bond acceptors (Lipinski definition) is 3. The maximum atomic E-state index is 4.32. The van der Waals surface area contributed by atoms with Gasteiger partial charge in [-0.3, -0.25) is 4.90 Å². The molecule has 140 valence electrons. The van der Waals surface area contributed by atoms with Crippen LogP contribution in [0.2, 0.25) is 0 Å². The molecule has 1 atom stereocenters. The van der Waals surface area contributed by atoms with Crippen molar-refractivity contribution < 1.29 is 0 Å². The van der Waals surface area contributed by atoms with E-state index < -0.39 is 0 Å². The van der Waals surface area contributed by atoms with E-state index in [2.05, 4.69) is 50.5 Å². The van der Waals surface area contributed by atoms with Crippen LogP contribution < -0.4 is 4.90 Å². The Morgan fingerprint density at radius 3 is 2.38 bits per heavy atom. The Balaban J connectivity index is 1.33. The van der Waals surface area contributed by atoms with Crippen molar-refractivity contribution in [2.24, 2.45) is 5.92 Å². The first-order valence-electron chi connectivity index (χ1n) is 10.3. The summed E-state index contributed by atoms with van der Waals surface area (Å²) in [7, 11) is 0. The first-order chi connectivity index (χ1) is 12.7. The zero-order valence-electron chi connectivity index (χ0n) is 16.3. The second-order valence-corrected chi connectivity index (χ2v) is 8.02. The van der Waals surface area contributed by atoms with E-state index in [9.17, 15) is 0 Å². The van der Waals surface area contributed by atoms with Gasteiger partial charge in [0.25, 0.3) is 0 Å². The van der Waals surface area contributed by atoms with Crippen molar-refractivity contribution in [2.75, 3.05) is 31.1 Å². The number of aryl methyl sites for hydroxylation is 1. The van der Waals surface area contributed by atoms with E-state index in [4.69, 9.17) is 0 Å². The second kappa shape index (κ2) is 7.83. The van der Waals surface area contributed by atoms with Crippen molar-refractivity contribution in [1.82, 2.24) is 14.5 Å². The average Bonchev–Trinajstić information content (AvgIpc) is 3.32. The Morgan fingerprint density at radius 2 is 1.73 bits per heavy atom. The summed E-state index contributed by atoms with van der Waals surface area (Å²) in [5.41, 5.74) is 2.55. The van der Waals surface area contributed by atoms with Gasteiger partial charge in [-0.15, -0.1) is 0 Å². The highest BCUT2D eigenvalue weighted by Gasteiger charge is 2.30. The molecule has 1 unspecified atom stereocenters. The van der Waals surface area contributed by atoms with Crippen molar-refractivity contribution in [3.63, 3.8) is 0 Å². The molecule has 2 saturated heterocycles. The first kappa shape index (κ1) is 17.6. The number of rotatable bonds is 5. The Bertz CT molecular complexity index is 697. The number of piperidine rings is 1. The van der Waals surface area contributed by atoms with Crippen LogP contribution in [-0.2, 0) is 0 Å². The number of likely N-dealkylation sites (tertiary alicyclic amines) is 1. The van der Waals surface area contributed by atoms with Crippen molar-refractivity contribution in [1.29, 1.82) is 0 Å². The van der Waals surface area contributed by atoms with Crippen LogP contribution in [0, 0.1) is 12.8 Å². The van der Waals surface area contributed by atoms with E-state index in [1.165, 1.54) is 69.7 Å². The molecule has 0 saturated carbocycles. The van der Waals surface area contributed by atoms with Gasteiger partial charge in [-0.25, -0.2) is 4.98 Å². The molecule has 26 heavy (non-hydrogen) atoms. The average molecular weight is 353 g/mol. The van der Waals surface area contributed by atoms with Crippen LogP contribution in [0.5, 0.6) is 0 Å². The van der Waals surface area contributed by atoms with Gasteiger partial charge in [0.2, 0.25) is 0 Å². The molecule has 1 aromatic carbocycles. The SMILES string of the molecule is CCCC1CCN(C2CCN(c3ccc(-n4ccnc4C)cc3)CC2)C1. The number of imidazole rings is 1. The summed E-state index contributed by atoms with van der Waals surface area (Å²) >= 11 is 0. The fourth-order valence-corrected chi connectivity index (χ4v) is 4.80. The predicted octanol–water partition coefficient (Wildman–Crippen LogP) is 4.27.